The van der Waals surface area contributed by atoms with Crippen LogP contribution in [0.2, 0.25) is 0 Å². The first-order valence-electron chi connectivity index (χ1n) is 5.63. The molecule has 0 aromatic heterocycles. The lowest BCUT2D eigenvalue weighted by Crippen LogP contribution is -2.57. The molecule has 1 aliphatic rings. The fourth-order valence-corrected chi connectivity index (χ4v) is 1.91. The standard InChI is InChI=1S/C11H20N2O4.ClH/c1-11(7-16-2,10(15)17-3)13-9(14)8-4-5-12-6-8;/h8,12H,4-7H2,1-3H3,(H,13,14);1H. The van der Waals surface area contributed by atoms with Crippen molar-refractivity contribution in [1.82, 2.24) is 10.6 Å². The van der Waals surface area contributed by atoms with E-state index in [0.717, 1.165) is 13.0 Å². The van der Waals surface area contributed by atoms with Gasteiger partial charge >= 0.3 is 5.97 Å². The first-order valence-corrected chi connectivity index (χ1v) is 5.63. The number of halogens is 1. The highest BCUT2D eigenvalue weighted by Gasteiger charge is 2.38. The molecule has 1 heterocycles. The third-order valence-electron chi connectivity index (χ3n) is 2.90. The molecule has 2 unspecified atom stereocenters. The summed E-state index contributed by atoms with van der Waals surface area (Å²) in [6.45, 7) is 3.17. The molecule has 7 heteroatoms. The third kappa shape index (κ3) is 4.12. The molecule has 1 aliphatic heterocycles. The zero-order chi connectivity index (χ0) is 12.9. The Bertz CT molecular complexity index is 295. The largest absolute Gasteiger partial charge is 0.467 e. The molecule has 0 aromatic rings. The second kappa shape index (κ2) is 7.56. The van der Waals surface area contributed by atoms with Crippen LogP contribution in [-0.4, -0.2) is 51.3 Å². The quantitative estimate of drug-likeness (QED) is 0.677. The Balaban J connectivity index is 0.00000289. The van der Waals surface area contributed by atoms with Gasteiger partial charge in [0, 0.05) is 13.7 Å². The van der Waals surface area contributed by atoms with E-state index in [-0.39, 0.29) is 30.8 Å². The van der Waals surface area contributed by atoms with E-state index in [1.807, 2.05) is 0 Å². The molecule has 1 saturated heterocycles. The minimum absolute atomic E-state index is 0. The van der Waals surface area contributed by atoms with Crippen LogP contribution in [0.15, 0.2) is 0 Å². The summed E-state index contributed by atoms with van der Waals surface area (Å²) in [7, 11) is 2.77. The van der Waals surface area contributed by atoms with Crippen molar-refractivity contribution >= 4 is 24.3 Å². The Kier molecular flexibility index (Phi) is 7.20. The lowest BCUT2D eigenvalue weighted by Gasteiger charge is -2.28. The molecule has 1 fully saturated rings. The van der Waals surface area contributed by atoms with Crippen LogP contribution >= 0.6 is 12.4 Å². The summed E-state index contributed by atoms with van der Waals surface area (Å²) in [4.78, 5) is 23.6. The van der Waals surface area contributed by atoms with Crippen molar-refractivity contribution in [2.45, 2.75) is 18.9 Å². The number of rotatable bonds is 5. The molecule has 1 amide bonds. The molecule has 0 bridgehead atoms. The van der Waals surface area contributed by atoms with E-state index in [4.69, 9.17) is 4.74 Å². The SMILES string of the molecule is COCC(C)(NC(=O)C1CCNC1)C(=O)OC.Cl. The molecule has 106 valence electrons. The zero-order valence-corrected chi connectivity index (χ0v) is 11.8. The lowest BCUT2D eigenvalue weighted by molar-refractivity contribution is -0.153. The van der Waals surface area contributed by atoms with Crippen molar-refractivity contribution < 1.29 is 19.1 Å². The number of carbonyl (C=O) groups excluding carboxylic acids is 2. The Morgan fingerprint density at radius 1 is 1.44 bits per heavy atom. The molecule has 0 aliphatic carbocycles. The van der Waals surface area contributed by atoms with Crippen molar-refractivity contribution in [1.29, 1.82) is 0 Å². The Morgan fingerprint density at radius 3 is 2.56 bits per heavy atom. The lowest BCUT2D eigenvalue weighted by atomic mass is 10.0. The van der Waals surface area contributed by atoms with Crippen molar-refractivity contribution in [2.75, 3.05) is 33.9 Å². The summed E-state index contributed by atoms with van der Waals surface area (Å²) in [5, 5.41) is 5.81. The molecule has 2 atom stereocenters. The highest BCUT2D eigenvalue weighted by Crippen LogP contribution is 2.12. The summed E-state index contributed by atoms with van der Waals surface area (Å²) in [5.74, 6) is -0.727. The van der Waals surface area contributed by atoms with Crippen LogP contribution in [0.3, 0.4) is 0 Å². The second-order valence-corrected chi connectivity index (χ2v) is 4.44. The van der Waals surface area contributed by atoms with E-state index in [2.05, 4.69) is 15.4 Å². The van der Waals surface area contributed by atoms with E-state index < -0.39 is 11.5 Å². The van der Waals surface area contributed by atoms with Crippen molar-refractivity contribution in [2.24, 2.45) is 5.92 Å². The van der Waals surface area contributed by atoms with E-state index >= 15 is 0 Å². The van der Waals surface area contributed by atoms with Gasteiger partial charge in [0.1, 0.15) is 0 Å². The van der Waals surface area contributed by atoms with Crippen molar-refractivity contribution in [3.63, 3.8) is 0 Å². The molecular weight excluding hydrogens is 260 g/mol. The number of carbonyl (C=O) groups is 2. The van der Waals surface area contributed by atoms with Crippen LogP contribution in [0.4, 0.5) is 0 Å². The van der Waals surface area contributed by atoms with Crippen LogP contribution in [0.1, 0.15) is 13.3 Å². The molecular formula is C11H21ClN2O4. The second-order valence-electron chi connectivity index (χ2n) is 4.44. The molecule has 0 aromatic carbocycles. The third-order valence-corrected chi connectivity index (χ3v) is 2.90. The number of nitrogens with one attached hydrogen (secondary N) is 2. The predicted molar refractivity (Wildman–Crippen MR) is 68.7 cm³/mol. The highest BCUT2D eigenvalue weighted by atomic mass is 35.5. The van der Waals surface area contributed by atoms with Crippen LogP contribution in [-0.2, 0) is 19.1 Å². The minimum Gasteiger partial charge on any atom is -0.467 e. The average Bonchev–Trinajstić information content (AvgIpc) is 2.81. The Morgan fingerprint density at radius 2 is 2.11 bits per heavy atom. The Labute approximate surface area is 113 Å². The number of esters is 1. The highest BCUT2D eigenvalue weighted by molar-refractivity contribution is 5.89. The van der Waals surface area contributed by atoms with Gasteiger partial charge in [-0.3, -0.25) is 4.79 Å². The maximum absolute atomic E-state index is 11.9. The van der Waals surface area contributed by atoms with Crippen molar-refractivity contribution in [3.8, 4) is 0 Å². The van der Waals surface area contributed by atoms with Gasteiger partial charge < -0.3 is 20.1 Å². The van der Waals surface area contributed by atoms with E-state index in [0.29, 0.717) is 6.54 Å². The van der Waals surface area contributed by atoms with E-state index in [1.165, 1.54) is 14.2 Å². The van der Waals surface area contributed by atoms with Crippen molar-refractivity contribution in [3.05, 3.63) is 0 Å². The maximum Gasteiger partial charge on any atom is 0.333 e. The zero-order valence-electron chi connectivity index (χ0n) is 10.9. The van der Waals surface area contributed by atoms with Gasteiger partial charge in [-0.25, -0.2) is 4.79 Å². The first kappa shape index (κ1) is 17.2. The van der Waals surface area contributed by atoms with E-state index in [9.17, 15) is 9.59 Å². The number of ether oxygens (including phenoxy) is 2. The topological polar surface area (TPSA) is 76.7 Å². The first-order chi connectivity index (χ1) is 8.03. The number of methoxy groups -OCH3 is 2. The molecule has 18 heavy (non-hydrogen) atoms. The summed E-state index contributed by atoms with van der Waals surface area (Å²) in [5.41, 5.74) is -1.12. The molecule has 6 nitrogen and oxygen atoms in total. The molecule has 0 spiro atoms. The normalized spacial score (nSPS) is 21.6. The van der Waals surface area contributed by atoms with Gasteiger partial charge in [0.05, 0.1) is 19.6 Å². The summed E-state index contributed by atoms with van der Waals surface area (Å²) >= 11 is 0. The number of hydrogen-bond acceptors (Lipinski definition) is 5. The van der Waals surface area contributed by atoms with Gasteiger partial charge in [-0.2, -0.15) is 0 Å². The molecule has 1 rings (SSSR count). The molecule has 2 N–H and O–H groups in total. The molecule has 0 radical (unpaired) electrons. The maximum atomic E-state index is 11.9. The van der Waals surface area contributed by atoms with Gasteiger partial charge in [0.2, 0.25) is 5.91 Å². The van der Waals surface area contributed by atoms with Gasteiger partial charge in [-0.05, 0) is 19.9 Å². The fourth-order valence-electron chi connectivity index (χ4n) is 1.91. The monoisotopic (exact) mass is 280 g/mol. The van der Waals surface area contributed by atoms with Gasteiger partial charge in [-0.15, -0.1) is 12.4 Å². The summed E-state index contributed by atoms with van der Waals surface area (Å²) < 4.78 is 9.64. The van der Waals surface area contributed by atoms with Gasteiger partial charge in [0.25, 0.3) is 0 Å². The summed E-state index contributed by atoms with van der Waals surface area (Å²) in [6.07, 6.45) is 0.788. The molecule has 0 saturated carbocycles. The van der Waals surface area contributed by atoms with Gasteiger partial charge in [0.15, 0.2) is 5.54 Å². The van der Waals surface area contributed by atoms with E-state index in [1.54, 1.807) is 6.92 Å². The average molecular weight is 281 g/mol. The minimum atomic E-state index is -1.12. The number of amides is 1. The number of hydrogen-bond donors (Lipinski definition) is 2. The van der Waals surface area contributed by atoms with Crippen LogP contribution < -0.4 is 10.6 Å². The fraction of sp³-hybridized carbons (Fsp3) is 0.818. The summed E-state index contributed by atoms with van der Waals surface area (Å²) in [6, 6.07) is 0. The smallest absolute Gasteiger partial charge is 0.333 e. The van der Waals surface area contributed by atoms with Crippen LogP contribution in [0.25, 0.3) is 0 Å². The van der Waals surface area contributed by atoms with Crippen LogP contribution in [0, 0.1) is 5.92 Å². The Hall–Kier alpha value is -0.850. The van der Waals surface area contributed by atoms with Crippen LogP contribution in [0.5, 0.6) is 0 Å². The van der Waals surface area contributed by atoms with Gasteiger partial charge in [-0.1, -0.05) is 0 Å². The predicted octanol–water partition coefficient (Wildman–Crippen LogP) is -0.288.